The number of benzene rings is 4. The molecule has 0 aliphatic carbocycles. The molecule has 1 heterocycles. The second-order valence-corrected chi connectivity index (χ2v) is 13.3. The van der Waals surface area contributed by atoms with Gasteiger partial charge in [-0.1, -0.05) is 105 Å². The van der Waals surface area contributed by atoms with Gasteiger partial charge >= 0.3 is 5.97 Å². The smallest absolute Gasteiger partial charge is 0.336 e. The van der Waals surface area contributed by atoms with Crippen molar-refractivity contribution in [2.75, 3.05) is 5.75 Å². The van der Waals surface area contributed by atoms with Crippen molar-refractivity contribution in [3.05, 3.63) is 125 Å². The summed E-state index contributed by atoms with van der Waals surface area (Å²) in [6.45, 7) is 8.90. The molecule has 0 bridgehead atoms. The van der Waals surface area contributed by atoms with Gasteiger partial charge in [0.1, 0.15) is 5.82 Å². The molecule has 5 rings (SSSR count). The zero-order valence-electron chi connectivity index (χ0n) is 27.3. The number of imidazole rings is 1. The molecule has 2 N–H and O–H groups in total. The number of amides is 1. The van der Waals surface area contributed by atoms with Crippen LogP contribution < -0.4 is 5.32 Å². The maximum absolute atomic E-state index is 13.7. The van der Waals surface area contributed by atoms with Crippen LogP contribution in [0.5, 0.6) is 0 Å². The van der Waals surface area contributed by atoms with E-state index in [0.29, 0.717) is 34.9 Å². The molecule has 8 heteroatoms. The van der Waals surface area contributed by atoms with Gasteiger partial charge in [-0.3, -0.25) is 9.59 Å². The highest BCUT2D eigenvalue weighted by molar-refractivity contribution is 8.14. The molecule has 0 unspecified atom stereocenters. The molecule has 47 heavy (non-hydrogen) atoms. The second-order valence-electron chi connectivity index (χ2n) is 12.3. The first-order valence-corrected chi connectivity index (χ1v) is 17.1. The molecule has 1 aromatic heterocycles. The molecule has 242 valence electrons. The third-order valence-electron chi connectivity index (χ3n) is 8.14. The molecule has 0 aliphatic heterocycles. The molecule has 7 nitrogen and oxygen atoms in total. The van der Waals surface area contributed by atoms with Crippen LogP contribution in [-0.4, -0.2) is 43.4 Å². The fourth-order valence-corrected chi connectivity index (χ4v) is 6.77. The Balaban J connectivity index is 1.40. The molecule has 1 atom stereocenters. The summed E-state index contributed by atoms with van der Waals surface area (Å²) in [5.74, 6) is 0.671. The second kappa shape index (κ2) is 15.3. The van der Waals surface area contributed by atoms with E-state index in [2.05, 4.69) is 30.7 Å². The number of carbonyl (C=O) groups excluding carboxylic acids is 2. The number of hydrogen-bond donors (Lipinski definition) is 2. The molecular weight excluding hydrogens is 607 g/mol. The monoisotopic (exact) mass is 647 g/mol. The topological polar surface area (TPSA) is 101 Å². The average molecular weight is 648 g/mol. The van der Waals surface area contributed by atoms with Crippen LogP contribution in [0.2, 0.25) is 0 Å². The summed E-state index contributed by atoms with van der Waals surface area (Å²) in [7, 11) is 0. The molecule has 4 aromatic carbocycles. The summed E-state index contributed by atoms with van der Waals surface area (Å²) in [4.78, 5) is 43.3. The lowest BCUT2D eigenvalue weighted by molar-refractivity contribution is 0.0697. The number of hydrogen-bond acceptors (Lipinski definition) is 5. The number of nitrogens with zero attached hydrogens (tertiary/aromatic N) is 2. The van der Waals surface area contributed by atoms with Gasteiger partial charge in [-0.05, 0) is 66.1 Å². The molecule has 1 amide bonds. The van der Waals surface area contributed by atoms with Crippen LogP contribution in [0.3, 0.4) is 0 Å². The largest absolute Gasteiger partial charge is 0.478 e. The Morgan fingerprint density at radius 2 is 1.62 bits per heavy atom. The van der Waals surface area contributed by atoms with E-state index >= 15 is 0 Å². The summed E-state index contributed by atoms with van der Waals surface area (Å²) in [6.07, 6.45) is 2.48. The van der Waals surface area contributed by atoms with Crippen molar-refractivity contribution in [2.45, 2.75) is 59.5 Å². The highest BCUT2D eigenvalue weighted by atomic mass is 32.2. The molecule has 0 saturated carbocycles. The van der Waals surface area contributed by atoms with E-state index < -0.39 is 5.97 Å². The Kier molecular flexibility index (Phi) is 10.9. The first kappa shape index (κ1) is 33.7. The van der Waals surface area contributed by atoms with Crippen molar-refractivity contribution in [1.29, 1.82) is 0 Å². The minimum Gasteiger partial charge on any atom is -0.478 e. The van der Waals surface area contributed by atoms with Crippen LogP contribution in [0, 0.1) is 12.8 Å². The van der Waals surface area contributed by atoms with Gasteiger partial charge < -0.3 is 15.0 Å². The lowest BCUT2D eigenvalue weighted by Gasteiger charge is -2.20. The van der Waals surface area contributed by atoms with Gasteiger partial charge in [0.25, 0.3) is 5.91 Å². The minimum atomic E-state index is -0.955. The Bertz CT molecular complexity index is 1880. The number of thioether (sulfide) groups is 1. The number of carbonyl (C=O) groups is 3. The standard InChI is InChI=1S/C39H41N3O4S/c1-5-11-35-41-36-26(4)21-30(37(43)40-31(20-25(2)3)24-47-39(46)29-12-7-6-8-13-29)22-34(36)42(35)23-27-16-18-28(19-17-27)32-14-9-10-15-33(32)38(44)45/h6-10,12-19,21-22,25,31H,5,11,20,23-24H2,1-4H3,(H,40,43)(H,44,45)/t31-/m1/s1. The van der Waals surface area contributed by atoms with Gasteiger partial charge in [0.05, 0.1) is 16.6 Å². The van der Waals surface area contributed by atoms with Gasteiger partial charge in [0.2, 0.25) is 5.12 Å². The van der Waals surface area contributed by atoms with Crippen LogP contribution in [0.1, 0.15) is 81.6 Å². The number of carboxylic acids is 1. The van der Waals surface area contributed by atoms with Gasteiger partial charge in [0.15, 0.2) is 0 Å². The van der Waals surface area contributed by atoms with Crippen molar-refractivity contribution in [1.82, 2.24) is 14.9 Å². The van der Waals surface area contributed by atoms with E-state index in [1.165, 1.54) is 11.8 Å². The SMILES string of the molecule is CCCc1nc2c(C)cc(C(=O)N[C@@H](CSC(=O)c3ccccc3)CC(C)C)cc2n1Cc1ccc(-c2ccccc2C(=O)O)cc1. The molecule has 0 radical (unpaired) electrons. The Labute approximate surface area is 280 Å². The van der Waals surface area contributed by atoms with E-state index in [9.17, 15) is 19.5 Å². The molecule has 0 fully saturated rings. The highest BCUT2D eigenvalue weighted by Crippen LogP contribution is 2.27. The number of carboxylic acid groups (broad SMARTS) is 1. The normalized spacial score (nSPS) is 11.9. The predicted octanol–water partition coefficient (Wildman–Crippen LogP) is 8.43. The summed E-state index contributed by atoms with van der Waals surface area (Å²) < 4.78 is 2.18. The molecule has 0 aliphatic rings. The zero-order chi connectivity index (χ0) is 33.5. The van der Waals surface area contributed by atoms with E-state index in [-0.39, 0.29) is 22.6 Å². The number of aryl methyl sites for hydroxylation is 2. The Hall–Kier alpha value is -4.69. The Morgan fingerprint density at radius 1 is 0.915 bits per heavy atom. The minimum absolute atomic E-state index is 0.00245. The first-order chi connectivity index (χ1) is 22.6. The number of nitrogens with one attached hydrogen (secondary N) is 1. The van der Waals surface area contributed by atoms with Gasteiger partial charge in [0, 0.05) is 35.9 Å². The lowest BCUT2D eigenvalue weighted by atomic mass is 9.98. The van der Waals surface area contributed by atoms with E-state index in [4.69, 9.17) is 4.98 Å². The third-order valence-corrected chi connectivity index (χ3v) is 9.21. The van der Waals surface area contributed by atoms with Gasteiger partial charge in [-0.25, -0.2) is 9.78 Å². The predicted molar refractivity (Wildman–Crippen MR) is 190 cm³/mol. The summed E-state index contributed by atoms with van der Waals surface area (Å²) in [6, 6.07) is 27.8. The van der Waals surface area contributed by atoms with Crippen LogP contribution in [0.25, 0.3) is 22.2 Å². The van der Waals surface area contributed by atoms with Crippen molar-refractivity contribution >= 4 is 39.8 Å². The van der Waals surface area contributed by atoms with Crippen molar-refractivity contribution in [2.24, 2.45) is 5.92 Å². The molecule has 5 aromatic rings. The average Bonchev–Trinajstić information content (AvgIpc) is 3.41. The van der Waals surface area contributed by atoms with Crippen LogP contribution in [0.4, 0.5) is 0 Å². The van der Waals surface area contributed by atoms with Gasteiger partial charge in [-0.15, -0.1) is 0 Å². The number of rotatable bonds is 13. The molecule has 0 spiro atoms. The fraction of sp³-hybridized carbons (Fsp3) is 0.282. The highest BCUT2D eigenvalue weighted by Gasteiger charge is 2.21. The van der Waals surface area contributed by atoms with E-state index in [1.807, 2.05) is 85.8 Å². The first-order valence-electron chi connectivity index (χ1n) is 16.1. The Morgan fingerprint density at radius 3 is 2.30 bits per heavy atom. The van der Waals surface area contributed by atoms with E-state index in [0.717, 1.165) is 52.8 Å². The van der Waals surface area contributed by atoms with Crippen LogP contribution in [0.15, 0.2) is 91.0 Å². The molecule has 0 saturated heterocycles. The molecular formula is C39H41N3O4S. The van der Waals surface area contributed by atoms with Crippen LogP contribution >= 0.6 is 11.8 Å². The maximum Gasteiger partial charge on any atom is 0.336 e. The zero-order valence-corrected chi connectivity index (χ0v) is 28.1. The summed E-state index contributed by atoms with van der Waals surface area (Å²) in [5.41, 5.74) is 6.75. The third kappa shape index (κ3) is 8.19. The maximum atomic E-state index is 13.7. The van der Waals surface area contributed by atoms with Crippen molar-refractivity contribution in [3.8, 4) is 11.1 Å². The number of aromatic carboxylic acids is 1. The number of fused-ring (bicyclic) bond motifs is 1. The van der Waals surface area contributed by atoms with Crippen molar-refractivity contribution < 1.29 is 19.5 Å². The quantitative estimate of drug-likeness (QED) is 0.133. The van der Waals surface area contributed by atoms with Crippen LogP contribution in [-0.2, 0) is 13.0 Å². The lowest BCUT2D eigenvalue weighted by Crippen LogP contribution is -2.38. The van der Waals surface area contributed by atoms with Crippen molar-refractivity contribution in [3.63, 3.8) is 0 Å². The number of aromatic nitrogens is 2. The van der Waals surface area contributed by atoms with E-state index in [1.54, 1.807) is 12.1 Å². The summed E-state index contributed by atoms with van der Waals surface area (Å²) >= 11 is 1.24. The summed E-state index contributed by atoms with van der Waals surface area (Å²) in [5, 5.41) is 12.9. The van der Waals surface area contributed by atoms with Gasteiger partial charge in [-0.2, -0.15) is 0 Å². The fourth-order valence-electron chi connectivity index (χ4n) is 5.90.